The third-order valence-corrected chi connectivity index (χ3v) is 6.38. The zero-order valence-electron chi connectivity index (χ0n) is 23.8. The molecular formula is C26H29B3N8O5. The molecule has 1 aliphatic rings. The molecule has 1 aliphatic carbocycles. The van der Waals surface area contributed by atoms with Crippen molar-refractivity contribution in [2.75, 3.05) is 45.1 Å². The summed E-state index contributed by atoms with van der Waals surface area (Å²) in [5.41, 5.74) is 1.80. The Labute approximate surface area is 247 Å². The van der Waals surface area contributed by atoms with E-state index in [0.717, 1.165) is 12.8 Å². The van der Waals surface area contributed by atoms with Crippen molar-refractivity contribution in [3.8, 4) is 17.0 Å². The van der Waals surface area contributed by atoms with Crippen LogP contribution in [-0.2, 0) is 16.6 Å². The van der Waals surface area contributed by atoms with E-state index in [2.05, 4.69) is 31.2 Å². The van der Waals surface area contributed by atoms with Gasteiger partial charge in [-0.2, -0.15) is 5.10 Å². The number of likely N-dealkylation sites (N-methyl/N-ethyl adjacent to an activating group) is 1. The largest absolute Gasteiger partial charge is 0.494 e. The third-order valence-electron chi connectivity index (χ3n) is 6.38. The molecule has 3 N–H and O–H groups in total. The number of hydrogen-bond acceptors (Lipinski definition) is 9. The lowest BCUT2D eigenvalue weighted by atomic mass is 9.49. The van der Waals surface area contributed by atoms with Gasteiger partial charge in [-0.05, 0) is 31.0 Å². The predicted molar refractivity (Wildman–Crippen MR) is 158 cm³/mol. The molecule has 2 aromatic heterocycles. The molecule has 0 aliphatic heterocycles. The number of methoxy groups -OCH3 is 2. The van der Waals surface area contributed by atoms with Crippen molar-refractivity contribution in [3.05, 3.63) is 41.7 Å². The quantitative estimate of drug-likeness (QED) is 0.267. The Morgan fingerprint density at radius 1 is 1.12 bits per heavy atom. The summed E-state index contributed by atoms with van der Waals surface area (Å²) in [4.78, 5) is 39.8. The highest BCUT2D eigenvalue weighted by atomic mass is 16.5. The van der Waals surface area contributed by atoms with Crippen LogP contribution < -0.4 is 20.7 Å². The molecule has 1 saturated carbocycles. The number of anilines is 3. The number of nitrogens with one attached hydrogen (secondary N) is 3. The van der Waals surface area contributed by atoms with Crippen LogP contribution in [0.5, 0.6) is 5.75 Å². The van der Waals surface area contributed by atoms with E-state index in [1.165, 1.54) is 17.9 Å². The first kappa shape index (κ1) is 30.6. The Balaban J connectivity index is 1.70. The average Bonchev–Trinajstić information content (AvgIpc) is 3.72. The lowest BCUT2D eigenvalue weighted by Crippen LogP contribution is -2.50. The van der Waals surface area contributed by atoms with E-state index in [1.54, 1.807) is 50.4 Å². The second kappa shape index (κ2) is 12.7. The zero-order chi connectivity index (χ0) is 30.6. The van der Waals surface area contributed by atoms with Gasteiger partial charge in [0.2, 0.25) is 5.91 Å². The first-order valence-electron chi connectivity index (χ1n) is 13.0. The number of aromatic nitrogens is 4. The Hall–Kier alpha value is -4.33. The molecular weight excluding hydrogens is 537 g/mol. The van der Waals surface area contributed by atoms with Crippen LogP contribution in [0.1, 0.15) is 33.8 Å². The van der Waals surface area contributed by atoms with Gasteiger partial charge in [-0.25, -0.2) is 0 Å². The van der Waals surface area contributed by atoms with E-state index in [4.69, 9.17) is 33.0 Å². The molecule has 1 aromatic carbocycles. The van der Waals surface area contributed by atoms with Crippen LogP contribution in [0.15, 0.2) is 30.3 Å². The van der Waals surface area contributed by atoms with Crippen LogP contribution in [0.25, 0.3) is 11.3 Å². The summed E-state index contributed by atoms with van der Waals surface area (Å²) in [6.45, 7) is 0.810. The van der Waals surface area contributed by atoms with E-state index < -0.39 is 11.1 Å². The number of benzene rings is 1. The highest BCUT2D eigenvalue weighted by Gasteiger charge is 2.30. The van der Waals surface area contributed by atoms with Gasteiger partial charge < -0.3 is 30.3 Å². The van der Waals surface area contributed by atoms with E-state index in [9.17, 15) is 14.4 Å². The normalized spacial score (nSPS) is 12.9. The smallest absolute Gasteiger partial charge is 0.272 e. The summed E-state index contributed by atoms with van der Waals surface area (Å²) in [5.74, 6) is -0.809. The van der Waals surface area contributed by atoms with Crippen molar-refractivity contribution < 1.29 is 23.9 Å². The number of amides is 3. The SMILES string of the molecule is [B]C([B])([B])NC(=O)c1nnc(NC(=O)C2CC2)cc1Nc1cccc(-c2cc(C(=O)N(C)CCOC)n(C)n2)c1OC. The lowest BCUT2D eigenvalue weighted by Gasteiger charge is -2.23. The molecule has 0 unspecified atom stereocenters. The van der Waals surface area contributed by atoms with Crippen molar-refractivity contribution >= 4 is 58.5 Å². The van der Waals surface area contributed by atoms with E-state index in [1.807, 2.05) is 0 Å². The first-order chi connectivity index (χ1) is 19.9. The topological polar surface area (TPSA) is 153 Å². The minimum atomic E-state index is -2.02. The maximum atomic E-state index is 13.0. The molecule has 212 valence electrons. The number of ether oxygens (including phenoxy) is 2. The van der Waals surface area contributed by atoms with Crippen LogP contribution in [0, 0.1) is 5.92 Å². The highest BCUT2D eigenvalue weighted by molar-refractivity contribution is 6.60. The number of hydrogen-bond donors (Lipinski definition) is 3. The summed E-state index contributed by atoms with van der Waals surface area (Å²) in [5, 5.41) is 18.5. The molecule has 2 heterocycles. The van der Waals surface area contributed by atoms with Crippen LogP contribution in [0.3, 0.4) is 0 Å². The fraction of sp³-hybridized carbons (Fsp3) is 0.385. The van der Waals surface area contributed by atoms with Gasteiger partial charge in [0.25, 0.3) is 11.8 Å². The maximum absolute atomic E-state index is 13.0. The maximum Gasteiger partial charge on any atom is 0.272 e. The van der Waals surface area contributed by atoms with Crippen LogP contribution in [-0.4, -0.2) is 106 Å². The third kappa shape index (κ3) is 7.30. The van der Waals surface area contributed by atoms with Crippen molar-refractivity contribution in [2.45, 2.75) is 18.1 Å². The molecule has 0 bridgehead atoms. The fourth-order valence-electron chi connectivity index (χ4n) is 4.07. The molecule has 3 aromatic rings. The number of nitrogens with zero attached hydrogens (tertiary/aromatic N) is 5. The summed E-state index contributed by atoms with van der Waals surface area (Å²) in [7, 11) is 23.1. The molecule has 1 fully saturated rings. The number of carbonyl (C=O) groups is 3. The van der Waals surface area contributed by atoms with Crippen molar-refractivity contribution in [3.63, 3.8) is 0 Å². The van der Waals surface area contributed by atoms with E-state index >= 15 is 0 Å². The summed E-state index contributed by atoms with van der Waals surface area (Å²) < 4.78 is 12.3. The molecule has 13 nitrogen and oxygen atoms in total. The Kier molecular flexibility index (Phi) is 9.25. The minimum Gasteiger partial charge on any atom is -0.494 e. The Morgan fingerprint density at radius 3 is 2.50 bits per heavy atom. The van der Waals surface area contributed by atoms with E-state index in [0.29, 0.717) is 41.5 Å². The molecule has 4 rings (SSSR count). The predicted octanol–water partition coefficient (Wildman–Crippen LogP) is 0.543. The summed E-state index contributed by atoms with van der Waals surface area (Å²) >= 11 is 0. The van der Waals surface area contributed by atoms with Crippen LogP contribution in [0.2, 0.25) is 0 Å². The van der Waals surface area contributed by atoms with Gasteiger partial charge in [-0.15, -0.1) is 10.2 Å². The highest BCUT2D eigenvalue weighted by Crippen LogP contribution is 2.38. The summed E-state index contributed by atoms with van der Waals surface area (Å²) in [6.07, 6.45) is 1.59. The van der Waals surface area contributed by atoms with Gasteiger partial charge >= 0.3 is 0 Å². The average molecular weight is 566 g/mol. The minimum absolute atomic E-state index is 0.0785. The second-order valence-corrected chi connectivity index (χ2v) is 9.91. The van der Waals surface area contributed by atoms with Crippen molar-refractivity contribution in [1.29, 1.82) is 0 Å². The molecule has 42 heavy (non-hydrogen) atoms. The zero-order valence-corrected chi connectivity index (χ0v) is 23.8. The van der Waals surface area contributed by atoms with Gasteiger partial charge in [0.15, 0.2) is 17.3 Å². The number of carbonyl (C=O) groups excluding carboxylic acids is 3. The van der Waals surface area contributed by atoms with E-state index in [-0.39, 0.29) is 34.9 Å². The fourth-order valence-corrected chi connectivity index (χ4v) is 4.07. The Bertz CT molecular complexity index is 1490. The second-order valence-electron chi connectivity index (χ2n) is 9.91. The molecule has 0 saturated heterocycles. The van der Waals surface area contributed by atoms with Gasteiger partial charge in [0, 0.05) is 45.3 Å². The Morgan fingerprint density at radius 2 is 1.86 bits per heavy atom. The van der Waals surface area contributed by atoms with Gasteiger partial charge in [-0.3, -0.25) is 19.1 Å². The number of aryl methyl sites for hydroxylation is 1. The van der Waals surface area contributed by atoms with Crippen LogP contribution in [0.4, 0.5) is 17.2 Å². The van der Waals surface area contributed by atoms with Gasteiger partial charge in [-0.1, -0.05) is 11.3 Å². The number of para-hydroxylation sites is 1. The first-order valence-corrected chi connectivity index (χ1v) is 13.0. The standard InChI is InChI=1S/C26H29B3N8O5/c1-36(10-11-41-3)25(40)19-12-17(35-37(19)2)15-6-5-7-16(22(15)42-4)30-18-13-20(31-23(38)14-8-9-14)33-34-21(18)24(39)32-26(27,28)29/h5-7,12-14H,8-11H2,1-4H3,(H,32,39)(H2,30,31,33,38). The molecule has 6 radical (unpaired) electrons. The van der Waals surface area contributed by atoms with Gasteiger partial charge in [0.05, 0.1) is 54.3 Å². The molecule has 0 atom stereocenters. The van der Waals surface area contributed by atoms with Crippen molar-refractivity contribution in [2.24, 2.45) is 13.0 Å². The van der Waals surface area contributed by atoms with Crippen LogP contribution >= 0.6 is 0 Å². The monoisotopic (exact) mass is 566 g/mol. The van der Waals surface area contributed by atoms with Gasteiger partial charge in [0.1, 0.15) is 5.69 Å². The molecule has 16 heteroatoms. The summed E-state index contributed by atoms with van der Waals surface area (Å²) in [6, 6.07) is 8.35. The molecule has 0 spiro atoms. The van der Waals surface area contributed by atoms with Crippen molar-refractivity contribution in [1.82, 2.24) is 30.2 Å². The number of rotatable bonds is 12. The molecule has 3 amide bonds. The lowest BCUT2D eigenvalue weighted by molar-refractivity contribution is -0.117.